The predicted molar refractivity (Wildman–Crippen MR) is 65.3 cm³/mol. The van der Waals surface area contributed by atoms with Crippen molar-refractivity contribution in [1.82, 2.24) is 5.32 Å². The highest BCUT2D eigenvalue weighted by molar-refractivity contribution is 9.10. The first-order chi connectivity index (χ1) is 8.13. The fraction of sp³-hybridized carbons (Fsp3) is 0.0909. The molecule has 0 unspecified atom stereocenters. The van der Waals surface area contributed by atoms with Crippen LogP contribution in [0.1, 0.15) is 0 Å². The minimum Gasteiger partial charge on any atom is -0.456 e. The Hall–Kier alpha value is -1.82. The van der Waals surface area contributed by atoms with Crippen molar-refractivity contribution in [1.29, 1.82) is 0 Å². The molecule has 2 N–H and O–H groups in total. The molecule has 0 atom stereocenters. The number of hydrogen-bond donors (Lipinski definition) is 2. The van der Waals surface area contributed by atoms with Gasteiger partial charge in [-0.15, -0.1) is 0 Å². The van der Waals surface area contributed by atoms with E-state index >= 15 is 0 Å². The number of urea groups is 1. The summed E-state index contributed by atoms with van der Waals surface area (Å²) in [6.45, 7) is 0.104. The van der Waals surface area contributed by atoms with Crippen LogP contribution in [0.5, 0.6) is 0 Å². The molecule has 17 heavy (non-hydrogen) atoms. The van der Waals surface area contributed by atoms with Gasteiger partial charge in [0.05, 0.1) is 5.70 Å². The van der Waals surface area contributed by atoms with Crippen molar-refractivity contribution in [2.75, 3.05) is 11.9 Å². The standard InChI is InChI=1S/C11H9BrN2O3/c12-7-1-3-8(4-2-7)13-11(16)14-9-5-10(15)17-6-9/h1-5H,6H2,(H2,13,14,16). The molecular formula is C11H9BrN2O3. The first-order valence-electron chi connectivity index (χ1n) is 4.84. The number of rotatable bonds is 2. The molecule has 1 aromatic carbocycles. The highest BCUT2D eigenvalue weighted by atomic mass is 79.9. The maximum Gasteiger partial charge on any atom is 0.333 e. The van der Waals surface area contributed by atoms with Gasteiger partial charge in [0.2, 0.25) is 0 Å². The number of anilines is 1. The molecule has 5 nitrogen and oxygen atoms in total. The van der Waals surface area contributed by atoms with Gasteiger partial charge in [-0.25, -0.2) is 9.59 Å². The first-order valence-corrected chi connectivity index (χ1v) is 5.64. The third kappa shape index (κ3) is 3.32. The topological polar surface area (TPSA) is 67.4 Å². The normalized spacial score (nSPS) is 13.9. The van der Waals surface area contributed by atoms with Crippen LogP contribution in [0.25, 0.3) is 0 Å². The molecule has 0 saturated heterocycles. The van der Waals surface area contributed by atoms with E-state index in [1.807, 2.05) is 12.1 Å². The number of nitrogens with one attached hydrogen (secondary N) is 2. The summed E-state index contributed by atoms with van der Waals surface area (Å²) in [5.74, 6) is -0.441. The van der Waals surface area contributed by atoms with E-state index in [9.17, 15) is 9.59 Å². The van der Waals surface area contributed by atoms with E-state index in [4.69, 9.17) is 0 Å². The summed E-state index contributed by atoms with van der Waals surface area (Å²) in [4.78, 5) is 22.3. The van der Waals surface area contributed by atoms with E-state index in [1.54, 1.807) is 12.1 Å². The minimum absolute atomic E-state index is 0.104. The molecular weight excluding hydrogens is 288 g/mol. The van der Waals surface area contributed by atoms with Gasteiger partial charge in [0.1, 0.15) is 6.61 Å². The number of halogens is 1. The van der Waals surface area contributed by atoms with E-state index in [2.05, 4.69) is 31.3 Å². The highest BCUT2D eigenvalue weighted by Crippen LogP contribution is 2.14. The molecule has 1 aromatic rings. The number of carbonyl (C=O) groups is 2. The van der Waals surface area contributed by atoms with Crippen LogP contribution in [-0.4, -0.2) is 18.6 Å². The molecule has 2 amide bonds. The van der Waals surface area contributed by atoms with Gasteiger partial charge in [-0.2, -0.15) is 0 Å². The average Bonchev–Trinajstić information content (AvgIpc) is 2.67. The van der Waals surface area contributed by atoms with E-state index in [0.717, 1.165) is 4.47 Å². The van der Waals surface area contributed by atoms with Crippen molar-refractivity contribution < 1.29 is 14.3 Å². The fourth-order valence-corrected chi connectivity index (χ4v) is 1.55. The lowest BCUT2D eigenvalue weighted by Gasteiger charge is -2.07. The number of ether oxygens (including phenoxy) is 1. The molecule has 6 heteroatoms. The Bertz CT molecular complexity index is 482. The summed E-state index contributed by atoms with van der Waals surface area (Å²) < 4.78 is 5.58. The zero-order chi connectivity index (χ0) is 12.3. The molecule has 88 valence electrons. The van der Waals surface area contributed by atoms with Crippen molar-refractivity contribution >= 4 is 33.6 Å². The van der Waals surface area contributed by atoms with Crippen molar-refractivity contribution in [3.63, 3.8) is 0 Å². The predicted octanol–water partition coefficient (Wildman–Crippen LogP) is 2.01. The van der Waals surface area contributed by atoms with Crippen molar-refractivity contribution in [2.45, 2.75) is 0 Å². The SMILES string of the molecule is O=C(NC1=CC(=O)OC1)Nc1ccc(Br)cc1. The maximum atomic E-state index is 11.5. The van der Waals surface area contributed by atoms with Crippen molar-refractivity contribution in [3.05, 3.63) is 40.5 Å². The molecule has 0 aromatic heterocycles. The molecule has 1 aliphatic rings. The van der Waals surface area contributed by atoms with Crippen LogP contribution in [0.15, 0.2) is 40.5 Å². The van der Waals surface area contributed by atoms with Crippen LogP contribution in [-0.2, 0) is 9.53 Å². The number of amides is 2. The monoisotopic (exact) mass is 296 g/mol. The van der Waals surface area contributed by atoms with Gasteiger partial charge in [-0.1, -0.05) is 15.9 Å². The van der Waals surface area contributed by atoms with E-state index < -0.39 is 12.0 Å². The van der Waals surface area contributed by atoms with Gasteiger partial charge >= 0.3 is 12.0 Å². The van der Waals surface area contributed by atoms with Crippen LogP contribution < -0.4 is 10.6 Å². The van der Waals surface area contributed by atoms with E-state index in [0.29, 0.717) is 11.4 Å². The Kier molecular flexibility index (Phi) is 3.43. The molecule has 1 aliphatic heterocycles. The quantitative estimate of drug-likeness (QED) is 0.821. The number of esters is 1. The molecule has 0 radical (unpaired) electrons. The number of benzene rings is 1. The second-order valence-corrected chi connectivity index (χ2v) is 4.28. The highest BCUT2D eigenvalue weighted by Gasteiger charge is 2.14. The van der Waals surface area contributed by atoms with Gasteiger partial charge in [0.15, 0.2) is 0 Å². The zero-order valence-electron chi connectivity index (χ0n) is 8.70. The Morgan fingerprint density at radius 1 is 1.24 bits per heavy atom. The van der Waals surface area contributed by atoms with Gasteiger partial charge < -0.3 is 15.4 Å². The summed E-state index contributed by atoms with van der Waals surface area (Å²) in [6.07, 6.45) is 1.25. The van der Waals surface area contributed by atoms with E-state index in [-0.39, 0.29) is 6.61 Å². The third-order valence-electron chi connectivity index (χ3n) is 2.04. The molecule has 0 saturated carbocycles. The van der Waals surface area contributed by atoms with Crippen LogP contribution in [0.3, 0.4) is 0 Å². The van der Waals surface area contributed by atoms with Crippen LogP contribution in [0.4, 0.5) is 10.5 Å². The van der Waals surface area contributed by atoms with E-state index in [1.165, 1.54) is 6.08 Å². The molecule has 0 spiro atoms. The summed E-state index contributed by atoms with van der Waals surface area (Å²) in [5, 5.41) is 5.16. The largest absolute Gasteiger partial charge is 0.456 e. The summed E-state index contributed by atoms with van der Waals surface area (Å²) >= 11 is 3.30. The summed E-state index contributed by atoms with van der Waals surface area (Å²) in [6, 6.07) is 6.74. The lowest BCUT2D eigenvalue weighted by molar-refractivity contribution is -0.134. The van der Waals surface area contributed by atoms with Crippen molar-refractivity contribution in [3.8, 4) is 0 Å². The average molecular weight is 297 g/mol. The number of carbonyl (C=O) groups excluding carboxylic acids is 2. The smallest absolute Gasteiger partial charge is 0.333 e. The third-order valence-corrected chi connectivity index (χ3v) is 2.57. The lowest BCUT2D eigenvalue weighted by Crippen LogP contribution is -2.28. The first kappa shape index (κ1) is 11.7. The molecule has 0 bridgehead atoms. The fourth-order valence-electron chi connectivity index (χ4n) is 1.29. The molecule has 1 heterocycles. The maximum absolute atomic E-state index is 11.5. The van der Waals surface area contributed by atoms with Crippen molar-refractivity contribution in [2.24, 2.45) is 0 Å². The molecule has 0 aliphatic carbocycles. The number of hydrogen-bond acceptors (Lipinski definition) is 3. The Morgan fingerprint density at radius 3 is 2.53 bits per heavy atom. The van der Waals surface area contributed by atoms with Gasteiger partial charge in [0.25, 0.3) is 0 Å². The van der Waals surface area contributed by atoms with Gasteiger partial charge in [0, 0.05) is 16.2 Å². The van der Waals surface area contributed by atoms with Crippen LogP contribution in [0.2, 0.25) is 0 Å². The minimum atomic E-state index is -0.441. The second kappa shape index (κ2) is 5.01. The Morgan fingerprint density at radius 2 is 1.94 bits per heavy atom. The van der Waals surface area contributed by atoms with Gasteiger partial charge in [-0.3, -0.25) is 0 Å². The zero-order valence-corrected chi connectivity index (χ0v) is 10.3. The van der Waals surface area contributed by atoms with Crippen LogP contribution >= 0.6 is 15.9 Å². The number of cyclic esters (lactones) is 1. The van der Waals surface area contributed by atoms with Gasteiger partial charge in [-0.05, 0) is 24.3 Å². The second-order valence-electron chi connectivity index (χ2n) is 3.36. The van der Waals surface area contributed by atoms with Crippen LogP contribution in [0, 0.1) is 0 Å². The summed E-state index contributed by atoms with van der Waals surface area (Å²) in [7, 11) is 0. The Balaban J connectivity index is 1.91. The lowest BCUT2D eigenvalue weighted by atomic mass is 10.3. The molecule has 2 rings (SSSR count). The summed E-state index contributed by atoms with van der Waals surface area (Å²) in [5.41, 5.74) is 1.11. The Labute approximate surface area is 106 Å². The molecule has 0 fully saturated rings.